The molecule has 1 aliphatic heterocycles. The van der Waals surface area contributed by atoms with E-state index in [1.54, 1.807) is 7.11 Å². The summed E-state index contributed by atoms with van der Waals surface area (Å²) in [4.78, 5) is 12.7. The minimum atomic E-state index is -0.761. The van der Waals surface area contributed by atoms with Crippen molar-refractivity contribution in [3.8, 4) is 17.2 Å². The van der Waals surface area contributed by atoms with Crippen LogP contribution in [0, 0.1) is 0 Å². The lowest BCUT2D eigenvalue weighted by Crippen LogP contribution is -2.51. The number of benzene rings is 2. The number of hydrogen-bond acceptors (Lipinski definition) is 5. The minimum Gasteiger partial charge on any atom is -0.494 e. The third-order valence-electron chi connectivity index (χ3n) is 4.70. The normalized spacial score (nSPS) is 15.2. The molecule has 28 heavy (non-hydrogen) atoms. The smallest absolute Gasteiger partial charge is 0.256 e. The van der Waals surface area contributed by atoms with Crippen LogP contribution in [0.25, 0.3) is 0 Å². The van der Waals surface area contributed by atoms with Crippen molar-refractivity contribution in [1.82, 2.24) is 5.32 Å². The summed E-state index contributed by atoms with van der Waals surface area (Å²) in [6.45, 7) is 4.13. The van der Waals surface area contributed by atoms with Gasteiger partial charge in [0.05, 0.1) is 6.61 Å². The molecule has 7 heteroatoms. The van der Waals surface area contributed by atoms with Crippen LogP contribution in [0.5, 0.6) is 17.2 Å². The molecule has 3 rings (SSSR count). The van der Waals surface area contributed by atoms with E-state index in [4.69, 9.17) is 14.2 Å². The first-order chi connectivity index (χ1) is 13.1. The van der Waals surface area contributed by atoms with Gasteiger partial charge in [0.2, 0.25) is 0 Å². The van der Waals surface area contributed by atoms with Gasteiger partial charge < -0.3 is 24.8 Å². The fraction of sp³-hybridized carbons (Fsp3) is 0.381. The Morgan fingerprint density at radius 3 is 2.07 bits per heavy atom. The summed E-state index contributed by atoms with van der Waals surface area (Å²) in [7, 11) is 1.60. The fourth-order valence-corrected chi connectivity index (χ4v) is 3.11. The zero-order valence-corrected chi connectivity index (χ0v) is 17.0. The summed E-state index contributed by atoms with van der Waals surface area (Å²) in [5, 5.41) is 6.20. The molecule has 2 aromatic carbocycles. The molecule has 0 aliphatic carbocycles. The van der Waals surface area contributed by atoms with Crippen LogP contribution < -0.4 is 20.1 Å². The second kappa shape index (κ2) is 10.3. The zero-order valence-electron chi connectivity index (χ0n) is 16.2. The first-order valence-electron chi connectivity index (χ1n) is 9.23. The maximum absolute atomic E-state index is 12.7. The zero-order chi connectivity index (χ0) is 19.1. The second-order valence-corrected chi connectivity index (χ2v) is 6.43. The number of hydrogen-bond donors (Lipinski definition) is 2. The van der Waals surface area contributed by atoms with Gasteiger partial charge in [-0.25, -0.2) is 0 Å². The third kappa shape index (κ3) is 5.38. The molecule has 1 amide bonds. The Bertz CT molecular complexity index is 744. The molecule has 2 aromatic rings. The number of carbonyl (C=O) groups is 1. The summed E-state index contributed by atoms with van der Waals surface area (Å²) in [5.41, 5.74) is -0.0445. The van der Waals surface area contributed by atoms with Gasteiger partial charge in [0.1, 0.15) is 22.8 Å². The van der Waals surface area contributed by atoms with Crippen LogP contribution in [0.1, 0.15) is 19.8 Å². The van der Waals surface area contributed by atoms with Crippen LogP contribution in [0.3, 0.4) is 0 Å². The number of amides is 1. The summed E-state index contributed by atoms with van der Waals surface area (Å²) >= 11 is 0. The van der Waals surface area contributed by atoms with Gasteiger partial charge in [-0.1, -0.05) is 0 Å². The van der Waals surface area contributed by atoms with Gasteiger partial charge in [0.15, 0.2) is 0 Å². The Hall–Kier alpha value is -2.28. The molecule has 6 nitrogen and oxygen atoms in total. The van der Waals surface area contributed by atoms with Crippen LogP contribution in [-0.4, -0.2) is 38.3 Å². The molecule has 0 saturated carbocycles. The molecule has 0 radical (unpaired) electrons. The lowest BCUT2D eigenvalue weighted by molar-refractivity contribution is -0.140. The highest BCUT2D eigenvalue weighted by Crippen LogP contribution is 2.27. The van der Waals surface area contributed by atoms with E-state index in [9.17, 15) is 4.79 Å². The molecular weight excluding hydrogens is 380 g/mol. The molecular formula is C21H27ClN2O4. The monoisotopic (exact) mass is 406 g/mol. The van der Waals surface area contributed by atoms with E-state index in [0.717, 1.165) is 24.6 Å². The van der Waals surface area contributed by atoms with Crippen LogP contribution in [0.15, 0.2) is 48.5 Å². The van der Waals surface area contributed by atoms with Gasteiger partial charge in [0, 0.05) is 12.8 Å². The summed E-state index contributed by atoms with van der Waals surface area (Å²) in [6.07, 6.45) is 1.32. The first-order valence-corrected chi connectivity index (χ1v) is 9.23. The number of piperidine rings is 1. The van der Waals surface area contributed by atoms with E-state index in [1.165, 1.54) is 0 Å². The van der Waals surface area contributed by atoms with Gasteiger partial charge in [-0.15, -0.1) is 12.4 Å². The molecule has 1 fully saturated rings. The first kappa shape index (κ1) is 22.0. The number of ether oxygens (including phenoxy) is 3. The van der Waals surface area contributed by atoms with Gasteiger partial charge in [-0.2, -0.15) is 0 Å². The summed E-state index contributed by atoms with van der Waals surface area (Å²) in [6, 6.07) is 14.8. The lowest BCUT2D eigenvalue weighted by Gasteiger charge is -2.34. The van der Waals surface area contributed by atoms with Crippen molar-refractivity contribution in [2.24, 2.45) is 0 Å². The van der Waals surface area contributed by atoms with Gasteiger partial charge >= 0.3 is 0 Å². The van der Waals surface area contributed by atoms with Gasteiger partial charge in [-0.3, -0.25) is 4.79 Å². The molecule has 0 spiro atoms. The minimum absolute atomic E-state index is 0. The predicted octanol–water partition coefficient (Wildman–Crippen LogP) is 4.01. The maximum atomic E-state index is 12.7. The molecule has 152 valence electrons. The van der Waals surface area contributed by atoms with Crippen molar-refractivity contribution in [3.05, 3.63) is 48.5 Å². The van der Waals surface area contributed by atoms with Crippen molar-refractivity contribution in [2.75, 3.05) is 32.1 Å². The predicted molar refractivity (Wildman–Crippen MR) is 112 cm³/mol. The topological polar surface area (TPSA) is 68.8 Å². The van der Waals surface area contributed by atoms with E-state index in [0.29, 0.717) is 30.9 Å². The fourth-order valence-electron chi connectivity index (χ4n) is 3.11. The quantitative estimate of drug-likeness (QED) is 0.727. The number of carbonyl (C=O) groups excluding carboxylic acids is 1. The van der Waals surface area contributed by atoms with Gasteiger partial charge in [-0.05, 0) is 81.4 Å². The van der Waals surface area contributed by atoms with Crippen LogP contribution >= 0.6 is 12.4 Å². The maximum Gasteiger partial charge on any atom is 0.256 e. The number of methoxy groups -OCH3 is 1. The molecule has 2 N–H and O–H groups in total. The van der Waals surface area contributed by atoms with E-state index in [2.05, 4.69) is 10.6 Å². The standard InChI is InChI=1S/C21H26N2O4.ClH/c1-3-26-17-8-10-19(11-9-17)27-18-6-4-16(5-7-18)23-20(24)21(25-2)12-14-22-15-13-21;/h4-11,22H,3,12-15H2,1-2H3,(H,23,24);1H. The number of halogens is 1. The Balaban J connectivity index is 0.00000280. The van der Waals surface area contributed by atoms with Crippen molar-refractivity contribution >= 4 is 24.0 Å². The highest BCUT2D eigenvalue weighted by molar-refractivity contribution is 5.97. The lowest BCUT2D eigenvalue weighted by atomic mass is 9.91. The van der Waals surface area contributed by atoms with Crippen LogP contribution in [-0.2, 0) is 9.53 Å². The molecule has 0 bridgehead atoms. The van der Waals surface area contributed by atoms with E-state index in [-0.39, 0.29) is 18.3 Å². The van der Waals surface area contributed by atoms with Crippen LogP contribution in [0.2, 0.25) is 0 Å². The second-order valence-electron chi connectivity index (χ2n) is 6.43. The molecule has 1 aliphatic rings. The molecule has 0 aromatic heterocycles. The SMILES string of the molecule is CCOc1ccc(Oc2ccc(NC(=O)C3(OC)CCNCC3)cc2)cc1.Cl. The Morgan fingerprint density at radius 1 is 1.00 bits per heavy atom. The average Bonchev–Trinajstić information content (AvgIpc) is 2.71. The summed E-state index contributed by atoms with van der Waals surface area (Å²) < 4.78 is 16.8. The van der Waals surface area contributed by atoms with Crippen molar-refractivity contribution in [3.63, 3.8) is 0 Å². The van der Waals surface area contributed by atoms with Crippen molar-refractivity contribution in [2.45, 2.75) is 25.4 Å². The van der Waals surface area contributed by atoms with Gasteiger partial charge in [0.25, 0.3) is 5.91 Å². The largest absolute Gasteiger partial charge is 0.494 e. The van der Waals surface area contributed by atoms with Crippen LogP contribution in [0.4, 0.5) is 5.69 Å². The highest BCUT2D eigenvalue weighted by atomic mass is 35.5. The van der Waals surface area contributed by atoms with Crippen molar-refractivity contribution in [1.29, 1.82) is 0 Å². The van der Waals surface area contributed by atoms with E-state index >= 15 is 0 Å². The van der Waals surface area contributed by atoms with E-state index < -0.39 is 5.60 Å². The molecule has 1 heterocycles. The Labute approximate surface area is 172 Å². The van der Waals surface area contributed by atoms with Crippen molar-refractivity contribution < 1.29 is 19.0 Å². The molecule has 0 atom stereocenters. The number of rotatable bonds is 7. The Kier molecular flexibility index (Phi) is 8.11. The third-order valence-corrected chi connectivity index (χ3v) is 4.70. The molecule has 1 saturated heterocycles. The highest BCUT2D eigenvalue weighted by Gasteiger charge is 2.39. The average molecular weight is 407 g/mol. The molecule has 0 unspecified atom stereocenters. The Morgan fingerprint density at radius 2 is 1.54 bits per heavy atom. The number of anilines is 1. The summed E-state index contributed by atoms with van der Waals surface area (Å²) in [5.74, 6) is 2.13. The van der Waals surface area contributed by atoms with E-state index in [1.807, 2.05) is 55.5 Å². The number of nitrogens with one attached hydrogen (secondary N) is 2.